The van der Waals surface area contributed by atoms with Crippen LogP contribution in [0.15, 0.2) is 24.3 Å². The molecule has 0 spiro atoms. The summed E-state index contributed by atoms with van der Waals surface area (Å²) in [5.74, 6) is 0. The zero-order valence-electron chi connectivity index (χ0n) is 12.3. The molecule has 0 atom stereocenters. The third-order valence-electron chi connectivity index (χ3n) is 3.05. The monoisotopic (exact) mass is 261 g/mol. The number of rotatable bonds is 3. The minimum atomic E-state index is -0.434. The number of hydrogen-bond acceptors (Lipinski definition) is 2. The molecule has 0 unspecified atom stereocenters. The van der Waals surface area contributed by atoms with Crippen molar-refractivity contribution >= 4 is 6.09 Å². The normalized spacial score (nSPS) is 15.2. The Hall–Kier alpha value is -1.51. The lowest BCUT2D eigenvalue weighted by atomic mass is 10.1. The van der Waals surface area contributed by atoms with E-state index in [0.717, 1.165) is 18.4 Å². The molecular formula is C16H23NO2. The summed E-state index contributed by atoms with van der Waals surface area (Å²) in [7, 11) is 0. The van der Waals surface area contributed by atoms with Crippen LogP contribution >= 0.6 is 0 Å². The summed E-state index contributed by atoms with van der Waals surface area (Å²) in [5.41, 5.74) is 1.95. The van der Waals surface area contributed by atoms with Crippen LogP contribution in [0.4, 0.5) is 4.79 Å². The van der Waals surface area contributed by atoms with E-state index in [1.807, 2.05) is 31.7 Å². The molecule has 0 heterocycles. The van der Waals surface area contributed by atoms with Gasteiger partial charge in [0, 0.05) is 12.6 Å². The Bertz CT molecular complexity index is 458. The van der Waals surface area contributed by atoms with Crippen LogP contribution in [0.25, 0.3) is 0 Å². The largest absolute Gasteiger partial charge is 0.444 e. The van der Waals surface area contributed by atoms with E-state index in [2.05, 4.69) is 25.1 Å². The van der Waals surface area contributed by atoms with Crippen LogP contribution in [0.1, 0.15) is 44.7 Å². The van der Waals surface area contributed by atoms with Crippen LogP contribution in [0.3, 0.4) is 0 Å². The van der Waals surface area contributed by atoms with Crippen molar-refractivity contribution in [2.75, 3.05) is 0 Å². The zero-order chi connectivity index (χ0) is 14.0. The number of benzene rings is 1. The molecule has 0 aromatic heterocycles. The predicted molar refractivity (Wildman–Crippen MR) is 76.0 cm³/mol. The molecule has 0 aliphatic heterocycles. The Morgan fingerprint density at radius 2 is 2.05 bits per heavy atom. The van der Waals surface area contributed by atoms with Crippen LogP contribution in [0.5, 0.6) is 0 Å². The van der Waals surface area contributed by atoms with Crippen molar-refractivity contribution in [3.05, 3.63) is 35.4 Å². The van der Waals surface area contributed by atoms with Gasteiger partial charge in [0.1, 0.15) is 5.60 Å². The van der Waals surface area contributed by atoms with Gasteiger partial charge in [0.05, 0.1) is 0 Å². The van der Waals surface area contributed by atoms with Crippen molar-refractivity contribution in [1.29, 1.82) is 0 Å². The summed E-state index contributed by atoms with van der Waals surface area (Å²) in [4.78, 5) is 14.1. The van der Waals surface area contributed by atoms with Crippen LogP contribution in [-0.4, -0.2) is 22.6 Å². The van der Waals surface area contributed by atoms with E-state index in [4.69, 9.17) is 4.74 Å². The Balaban J connectivity index is 2.06. The van der Waals surface area contributed by atoms with E-state index in [-0.39, 0.29) is 6.09 Å². The second-order valence-corrected chi connectivity index (χ2v) is 6.33. The number of carbonyl (C=O) groups excluding carboxylic acids is 1. The highest BCUT2D eigenvalue weighted by Crippen LogP contribution is 2.30. The molecule has 1 aliphatic rings. The Labute approximate surface area is 115 Å². The maximum atomic E-state index is 12.2. The lowest BCUT2D eigenvalue weighted by molar-refractivity contribution is 0.0216. The molecule has 0 saturated heterocycles. The number of hydrogen-bond donors (Lipinski definition) is 0. The van der Waals surface area contributed by atoms with Gasteiger partial charge in [-0.15, -0.1) is 0 Å². The van der Waals surface area contributed by atoms with Crippen molar-refractivity contribution < 1.29 is 9.53 Å². The van der Waals surface area contributed by atoms with Crippen molar-refractivity contribution in [2.45, 2.75) is 58.7 Å². The van der Waals surface area contributed by atoms with E-state index in [1.54, 1.807) is 0 Å². The number of aryl methyl sites for hydroxylation is 1. The van der Waals surface area contributed by atoms with Crippen molar-refractivity contribution in [3.8, 4) is 0 Å². The van der Waals surface area contributed by atoms with E-state index < -0.39 is 5.60 Å². The average Bonchev–Trinajstić information content (AvgIpc) is 3.07. The first-order valence-electron chi connectivity index (χ1n) is 6.90. The lowest BCUT2D eigenvalue weighted by Gasteiger charge is -2.27. The summed E-state index contributed by atoms with van der Waals surface area (Å²) < 4.78 is 5.49. The molecular weight excluding hydrogens is 238 g/mol. The molecule has 1 amide bonds. The first-order chi connectivity index (χ1) is 8.85. The summed E-state index contributed by atoms with van der Waals surface area (Å²) in [6.07, 6.45) is 1.98. The standard InChI is InChI=1S/C16H23NO2/c1-12-6-5-7-13(10-12)11-17(14-8-9-14)15(18)19-16(2,3)4/h5-7,10,14H,8-9,11H2,1-4H3. The molecule has 1 aromatic carbocycles. The van der Waals surface area contributed by atoms with Gasteiger partial charge < -0.3 is 9.64 Å². The van der Waals surface area contributed by atoms with E-state index in [0.29, 0.717) is 12.6 Å². The Morgan fingerprint density at radius 3 is 2.58 bits per heavy atom. The minimum absolute atomic E-state index is 0.198. The van der Waals surface area contributed by atoms with Gasteiger partial charge in [0.25, 0.3) is 0 Å². The van der Waals surface area contributed by atoms with Crippen LogP contribution in [-0.2, 0) is 11.3 Å². The smallest absolute Gasteiger partial charge is 0.410 e. The fraction of sp³-hybridized carbons (Fsp3) is 0.562. The molecule has 1 fully saturated rings. The first-order valence-corrected chi connectivity index (χ1v) is 6.90. The van der Waals surface area contributed by atoms with Gasteiger partial charge in [-0.25, -0.2) is 4.79 Å². The van der Waals surface area contributed by atoms with Gasteiger partial charge in [-0.1, -0.05) is 29.8 Å². The molecule has 1 aliphatic carbocycles. The number of nitrogens with zero attached hydrogens (tertiary/aromatic N) is 1. The fourth-order valence-electron chi connectivity index (χ4n) is 2.06. The van der Waals surface area contributed by atoms with Crippen molar-refractivity contribution in [2.24, 2.45) is 0 Å². The van der Waals surface area contributed by atoms with Gasteiger partial charge in [0.15, 0.2) is 0 Å². The topological polar surface area (TPSA) is 29.5 Å². The molecule has 0 N–H and O–H groups in total. The van der Waals surface area contributed by atoms with Gasteiger partial charge in [0.2, 0.25) is 0 Å². The SMILES string of the molecule is Cc1cccc(CN(C(=O)OC(C)(C)C)C2CC2)c1. The second kappa shape index (κ2) is 5.24. The number of ether oxygens (including phenoxy) is 1. The first kappa shape index (κ1) is 13.9. The molecule has 104 valence electrons. The number of carbonyl (C=O) groups is 1. The second-order valence-electron chi connectivity index (χ2n) is 6.33. The summed E-state index contributed by atoms with van der Waals surface area (Å²) >= 11 is 0. The van der Waals surface area contributed by atoms with Crippen LogP contribution in [0, 0.1) is 6.92 Å². The maximum Gasteiger partial charge on any atom is 0.410 e. The molecule has 3 nitrogen and oxygen atoms in total. The van der Waals surface area contributed by atoms with Gasteiger partial charge >= 0.3 is 6.09 Å². The molecule has 1 aromatic rings. The van der Waals surface area contributed by atoms with Gasteiger partial charge in [-0.05, 0) is 46.1 Å². The molecule has 1 saturated carbocycles. The molecule has 0 bridgehead atoms. The summed E-state index contributed by atoms with van der Waals surface area (Å²) in [6, 6.07) is 8.64. The van der Waals surface area contributed by atoms with Crippen molar-refractivity contribution in [3.63, 3.8) is 0 Å². The highest BCUT2D eigenvalue weighted by atomic mass is 16.6. The highest BCUT2D eigenvalue weighted by molar-refractivity contribution is 5.69. The minimum Gasteiger partial charge on any atom is -0.444 e. The predicted octanol–water partition coefficient (Wildman–Crippen LogP) is 3.89. The molecule has 2 rings (SSSR count). The van der Waals surface area contributed by atoms with Gasteiger partial charge in [-0.3, -0.25) is 0 Å². The summed E-state index contributed by atoms with van der Waals surface area (Å²) in [5, 5.41) is 0. The Morgan fingerprint density at radius 1 is 1.37 bits per heavy atom. The van der Waals surface area contributed by atoms with E-state index in [9.17, 15) is 4.79 Å². The quantitative estimate of drug-likeness (QED) is 0.826. The fourth-order valence-corrected chi connectivity index (χ4v) is 2.06. The third-order valence-corrected chi connectivity index (χ3v) is 3.05. The van der Waals surface area contributed by atoms with Gasteiger partial charge in [-0.2, -0.15) is 0 Å². The van der Waals surface area contributed by atoms with E-state index >= 15 is 0 Å². The van der Waals surface area contributed by atoms with Crippen molar-refractivity contribution in [1.82, 2.24) is 4.90 Å². The average molecular weight is 261 g/mol. The highest BCUT2D eigenvalue weighted by Gasteiger charge is 2.35. The van der Waals surface area contributed by atoms with Crippen LogP contribution in [0.2, 0.25) is 0 Å². The molecule has 19 heavy (non-hydrogen) atoms. The Kier molecular flexibility index (Phi) is 3.83. The summed E-state index contributed by atoms with van der Waals surface area (Å²) in [6.45, 7) is 8.42. The lowest BCUT2D eigenvalue weighted by Crippen LogP contribution is -2.37. The third kappa shape index (κ3) is 4.27. The maximum absolute atomic E-state index is 12.2. The zero-order valence-corrected chi connectivity index (χ0v) is 12.3. The molecule has 0 radical (unpaired) electrons. The van der Waals surface area contributed by atoms with E-state index in [1.165, 1.54) is 5.56 Å². The number of amides is 1. The van der Waals surface area contributed by atoms with Crippen LogP contribution < -0.4 is 0 Å². The molecule has 3 heteroatoms.